The van der Waals surface area contributed by atoms with Crippen molar-refractivity contribution < 1.29 is 9.50 Å². The Hall–Kier alpha value is -1.39. The molecule has 0 heterocycles. The Labute approximate surface area is 126 Å². The van der Waals surface area contributed by atoms with Crippen molar-refractivity contribution in [3.63, 3.8) is 0 Å². The van der Waals surface area contributed by atoms with Crippen molar-refractivity contribution in [2.24, 2.45) is 0 Å². The molecule has 0 aliphatic heterocycles. The third-order valence-corrected chi connectivity index (χ3v) is 3.79. The van der Waals surface area contributed by atoms with Gasteiger partial charge >= 0.3 is 0 Å². The highest BCUT2D eigenvalue weighted by atomic mass is 79.9. The summed E-state index contributed by atoms with van der Waals surface area (Å²) in [4.78, 5) is 0. The number of hydrogen-bond acceptors (Lipinski definition) is 2. The van der Waals surface area contributed by atoms with Crippen LogP contribution in [0.1, 0.15) is 18.1 Å². The smallest absolute Gasteiger partial charge is 0.125 e. The zero-order valence-corrected chi connectivity index (χ0v) is 13.0. The van der Waals surface area contributed by atoms with Crippen LogP contribution >= 0.6 is 15.9 Å². The van der Waals surface area contributed by atoms with E-state index in [0.29, 0.717) is 5.69 Å². The lowest BCUT2D eigenvalue weighted by Gasteiger charge is -2.31. The lowest BCUT2D eigenvalue weighted by atomic mass is 9.92. The predicted octanol–water partition coefficient (Wildman–Crippen LogP) is 4.22. The third-order valence-electron chi connectivity index (χ3n) is 3.26. The van der Waals surface area contributed by atoms with E-state index in [1.54, 1.807) is 0 Å². The average Bonchev–Trinajstić information content (AvgIpc) is 2.38. The molecule has 0 amide bonds. The normalized spacial score (nSPS) is 13.8. The molecule has 0 fully saturated rings. The predicted molar refractivity (Wildman–Crippen MR) is 83.3 cm³/mol. The van der Waals surface area contributed by atoms with Crippen LogP contribution in [0.2, 0.25) is 0 Å². The topological polar surface area (TPSA) is 32.3 Å². The van der Waals surface area contributed by atoms with Crippen LogP contribution in [0, 0.1) is 12.7 Å². The van der Waals surface area contributed by atoms with Gasteiger partial charge in [0.25, 0.3) is 0 Å². The molecule has 0 spiro atoms. The van der Waals surface area contributed by atoms with E-state index in [9.17, 15) is 9.50 Å². The monoisotopic (exact) mass is 337 g/mol. The van der Waals surface area contributed by atoms with Gasteiger partial charge in [0.2, 0.25) is 0 Å². The fourth-order valence-corrected chi connectivity index (χ4v) is 2.41. The molecule has 20 heavy (non-hydrogen) atoms. The fraction of sp³-hybridized carbons (Fsp3) is 0.250. The second-order valence-corrected chi connectivity index (χ2v) is 6.06. The van der Waals surface area contributed by atoms with Gasteiger partial charge in [-0.2, -0.15) is 0 Å². The molecule has 106 valence electrons. The lowest BCUT2D eigenvalue weighted by molar-refractivity contribution is 0.224. The van der Waals surface area contributed by atoms with Crippen molar-refractivity contribution in [2.75, 3.05) is 11.9 Å². The van der Waals surface area contributed by atoms with E-state index in [1.807, 2.05) is 44.2 Å². The first-order valence-corrected chi connectivity index (χ1v) is 7.14. The Balaban J connectivity index is 2.33. The number of anilines is 1. The molecule has 2 aromatic rings. The largest absolute Gasteiger partial charge is 0.394 e. The molecule has 2 aromatic carbocycles. The van der Waals surface area contributed by atoms with E-state index in [2.05, 4.69) is 21.2 Å². The van der Waals surface area contributed by atoms with E-state index in [4.69, 9.17) is 0 Å². The van der Waals surface area contributed by atoms with Crippen LogP contribution in [-0.2, 0) is 5.54 Å². The zero-order valence-electron chi connectivity index (χ0n) is 11.5. The summed E-state index contributed by atoms with van der Waals surface area (Å²) in [7, 11) is 0. The third kappa shape index (κ3) is 3.38. The lowest BCUT2D eigenvalue weighted by Crippen LogP contribution is -2.35. The highest BCUT2D eigenvalue weighted by molar-refractivity contribution is 9.10. The summed E-state index contributed by atoms with van der Waals surface area (Å²) in [5, 5.41) is 13.0. The van der Waals surface area contributed by atoms with Crippen LogP contribution in [-0.4, -0.2) is 11.7 Å². The minimum atomic E-state index is -0.666. The SMILES string of the molecule is Cc1cc(F)cc(NC(C)(CO)c2ccc(Br)cc2)c1. The highest BCUT2D eigenvalue weighted by Gasteiger charge is 2.25. The minimum absolute atomic E-state index is 0.0931. The van der Waals surface area contributed by atoms with Gasteiger partial charge in [-0.1, -0.05) is 28.1 Å². The molecule has 0 saturated heterocycles. The summed E-state index contributed by atoms with van der Waals surface area (Å²) < 4.78 is 14.4. The van der Waals surface area contributed by atoms with Crippen LogP contribution in [0.4, 0.5) is 10.1 Å². The van der Waals surface area contributed by atoms with E-state index in [-0.39, 0.29) is 12.4 Å². The second-order valence-electron chi connectivity index (χ2n) is 5.14. The van der Waals surface area contributed by atoms with Gasteiger partial charge in [0.15, 0.2) is 0 Å². The summed E-state index contributed by atoms with van der Waals surface area (Å²) in [6.45, 7) is 3.63. The fourth-order valence-electron chi connectivity index (χ4n) is 2.15. The Bertz CT molecular complexity index is 580. The Morgan fingerprint density at radius 2 is 1.85 bits per heavy atom. The molecule has 0 radical (unpaired) electrons. The molecule has 0 bridgehead atoms. The van der Waals surface area contributed by atoms with Gasteiger partial charge in [-0.15, -0.1) is 0 Å². The van der Waals surface area contributed by atoms with Crippen LogP contribution in [0.3, 0.4) is 0 Å². The molecule has 2 N–H and O–H groups in total. The van der Waals surface area contributed by atoms with Gasteiger partial charge in [0.1, 0.15) is 5.82 Å². The number of aryl methyl sites for hydroxylation is 1. The zero-order chi connectivity index (χ0) is 14.8. The molecule has 2 rings (SSSR count). The first-order valence-electron chi connectivity index (χ1n) is 6.35. The van der Waals surface area contributed by atoms with Crippen LogP contribution in [0.15, 0.2) is 46.9 Å². The molecule has 2 nitrogen and oxygen atoms in total. The van der Waals surface area contributed by atoms with E-state index < -0.39 is 5.54 Å². The van der Waals surface area contributed by atoms with Crippen molar-refractivity contribution in [2.45, 2.75) is 19.4 Å². The van der Waals surface area contributed by atoms with Crippen molar-refractivity contribution in [1.82, 2.24) is 0 Å². The molecular formula is C16H17BrFNO. The van der Waals surface area contributed by atoms with E-state index in [1.165, 1.54) is 12.1 Å². The van der Waals surface area contributed by atoms with Gasteiger partial charge in [0, 0.05) is 10.2 Å². The molecular weight excluding hydrogens is 321 g/mol. The van der Waals surface area contributed by atoms with Gasteiger partial charge in [-0.25, -0.2) is 4.39 Å². The van der Waals surface area contributed by atoms with Gasteiger partial charge in [-0.05, 0) is 55.3 Å². The number of hydrogen-bond donors (Lipinski definition) is 2. The van der Waals surface area contributed by atoms with Crippen LogP contribution in [0.25, 0.3) is 0 Å². The quantitative estimate of drug-likeness (QED) is 0.875. The summed E-state index contributed by atoms with van der Waals surface area (Å²) in [6, 6.07) is 12.5. The minimum Gasteiger partial charge on any atom is -0.394 e. The Kier molecular flexibility index (Phi) is 4.45. The number of rotatable bonds is 4. The van der Waals surface area contributed by atoms with Crippen molar-refractivity contribution in [3.8, 4) is 0 Å². The Morgan fingerprint density at radius 3 is 2.40 bits per heavy atom. The van der Waals surface area contributed by atoms with Crippen LogP contribution in [0.5, 0.6) is 0 Å². The van der Waals surface area contributed by atoms with E-state index in [0.717, 1.165) is 15.6 Å². The van der Waals surface area contributed by atoms with Gasteiger partial charge in [-0.3, -0.25) is 0 Å². The first-order chi connectivity index (χ1) is 9.43. The maximum absolute atomic E-state index is 13.5. The maximum atomic E-state index is 13.5. The molecule has 4 heteroatoms. The average molecular weight is 338 g/mol. The Morgan fingerprint density at radius 1 is 1.20 bits per heavy atom. The van der Waals surface area contributed by atoms with E-state index >= 15 is 0 Å². The molecule has 0 aromatic heterocycles. The summed E-state index contributed by atoms with van der Waals surface area (Å²) >= 11 is 3.39. The molecule has 0 saturated carbocycles. The number of aliphatic hydroxyl groups excluding tert-OH is 1. The number of halogens is 2. The number of aliphatic hydroxyl groups is 1. The second kappa shape index (κ2) is 5.94. The van der Waals surface area contributed by atoms with Crippen LogP contribution < -0.4 is 5.32 Å². The molecule has 1 atom stereocenters. The summed E-state index contributed by atoms with van der Waals surface area (Å²) in [5.74, 6) is -0.288. The van der Waals surface area contributed by atoms with Gasteiger partial charge in [0.05, 0.1) is 12.1 Å². The highest BCUT2D eigenvalue weighted by Crippen LogP contribution is 2.27. The summed E-state index contributed by atoms with van der Waals surface area (Å²) in [6.07, 6.45) is 0. The first kappa shape index (κ1) is 15.0. The maximum Gasteiger partial charge on any atom is 0.125 e. The van der Waals surface area contributed by atoms with Crippen molar-refractivity contribution in [3.05, 3.63) is 63.9 Å². The van der Waals surface area contributed by atoms with Crippen molar-refractivity contribution >= 4 is 21.6 Å². The molecule has 0 aliphatic rings. The van der Waals surface area contributed by atoms with Crippen molar-refractivity contribution in [1.29, 1.82) is 0 Å². The number of benzene rings is 2. The number of nitrogens with one attached hydrogen (secondary N) is 1. The van der Waals surface area contributed by atoms with Gasteiger partial charge < -0.3 is 10.4 Å². The standard InChI is InChI=1S/C16H17BrFNO/c1-11-7-14(18)9-15(8-11)19-16(2,10-20)12-3-5-13(17)6-4-12/h3-9,19-20H,10H2,1-2H3. The molecule has 1 unspecified atom stereocenters. The summed E-state index contributed by atoms with van der Waals surface area (Å²) in [5.41, 5.74) is 1.76. The molecule has 0 aliphatic carbocycles.